The van der Waals surface area contributed by atoms with Gasteiger partial charge in [-0.2, -0.15) is 5.10 Å². The largest absolute Gasteiger partial charge is 0.480 e. The number of carboxylic acid groups (broad SMARTS) is 1. The van der Waals surface area contributed by atoms with Crippen LogP contribution in [0, 0.1) is 0 Å². The number of ether oxygens (including phenoxy) is 3. The fourth-order valence-corrected chi connectivity index (χ4v) is 9.52. The van der Waals surface area contributed by atoms with Crippen LogP contribution in [0.1, 0.15) is 98.8 Å². The Bertz CT molecular complexity index is 1500. The van der Waals surface area contributed by atoms with Crippen molar-refractivity contribution in [3.8, 4) is 11.3 Å². The van der Waals surface area contributed by atoms with Gasteiger partial charge in [0, 0.05) is 50.7 Å². The van der Waals surface area contributed by atoms with Gasteiger partial charge in [-0.15, -0.1) is 0 Å². The molecule has 0 aliphatic carbocycles. The molecule has 2 saturated heterocycles. The van der Waals surface area contributed by atoms with Gasteiger partial charge in [-0.3, -0.25) is 14.3 Å². The minimum Gasteiger partial charge on any atom is -0.480 e. The highest BCUT2D eigenvalue weighted by Crippen LogP contribution is 2.63. The van der Waals surface area contributed by atoms with Crippen LogP contribution >= 0.6 is 7.37 Å². The molecular formula is C36H55N4O9P. The zero-order valence-electron chi connectivity index (χ0n) is 30.7. The Morgan fingerprint density at radius 1 is 1.04 bits per heavy atom. The summed E-state index contributed by atoms with van der Waals surface area (Å²) in [6.45, 7) is 13.5. The Hall–Kier alpha value is -3.25. The molecule has 14 heteroatoms. The van der Waals surface area contributed by atoms with E-state index in [2.05, 4.69) is 5.10 Å². The number of rotatable bonds is 12. The third-order valence-electron chi connectivity index (χ3n) is 8.82. The number of carbonyl (C=O) groups excluding carboxylic acids is 2. The Morgan fingerprint density at radius 3 is 2.32 bits per heavy atom. The van der Waals surface area contributed by atoms with Gasteiger partial charge in [0.1, 0.15) is 11.2 Å². The van der Waals surface area contributed by atoms with Gasteiger partial charge in [-0.25, -0.2) is 19.2 Å². The molecule has 0 spiro atoms. The molecule has 1 aromatic heterocycles. The molecule has 278 valence electrons. The number of hydrogen-bond donors (Lipinski definition) is 1. The van der Waals surface area contributed by atoms with Crippen LogP contribution in [0.25, 0.3) is 11.3 Å². The van der Waals surface area contributed by atoms with Crippen molar-refractivity contribution in [3.63, 3.8) is 0 Å². The van der Waals surface area contributed by atoms with Gasteiger partial charge in [-0.1, -0.05) is 24.3 Å². The summed E-state index contributed by atoms with van der Waals surface area (Å²) in [5.41, 5.74) is 1.20. The first kappa shape index (κ1) is 39.5. The van der Waals surface area contributed by atoms with Crippen molar-refractivity contribution in [1.82, 2.24) is 19.6 Å². The molecule has 50 heavy (non-hydrogen) atoms. The summed E-state index contributed by atoms with van der Waals surface area (Å²) in [5, 5.41) is 13.7. The van der Waals surface area contributed by atoms with Gasteiger partial charge in [-0.05, 0) is 98.6 Å². The number of aromatic nitrogens is 2. The summed E-state index contributed by atoms with van der Waals surface area (Å²) < 4.78 is 39.2. The maximum Gasteiger partial charge on any atom is 0.419 e. The van der Waals surface area contributed by atoms with Crippen LogP contribution in [0.15, 0.2) is 36.5 Å². The van der Waals surface area contributed by atoms with Gasteiger partial charge in [0.2, 0.25) is 7.37 Å². The van der Waals surface area contributed by atoms with Crippen LogP contribution in [-0.4, -0.2) is 98.2 Å². The average molecular weight is 719 g/mol. The minimum absolute atomic E-state index is 0.0147. The highest BCUT2D eigenvalue weighted by Gasteiger charge is 2.58. The fourth-order valence-electron chi connectivity index (χ4n) is 6.55. The number of carboxylic acids is 1. The van der Waals surface area contributed by atoms with Crippen molar-refractivity contribution in [1.29, 1.82) is 0 Å². The van der Waals surface area contributed by atoms with E-state index in [1.54, 1.807) is 54.7 Å². The lowest BCUT2D eigenvalue weighted by molar-refractivity contribution is -0.141. The predicted octanol–water partition coefficient (Wildman–Crippen LogP) is 7.55. The van der Waals surface area contributed by atoms with E-state index in [1.807, 2.05) is 39.9 Å². The SMILES string of the molecule is CCOP1(=O)CCN(Cc2ccccc2-c2ccnn2C2CCCCO2)C[C@@]1(CCCCN(C(=O)OC(C)(C)C)C(=O)OC(C)(C)C)C(=O)O. The highest BCUT2D eigenvalue weighted by molar-refractivity contribution is 7.62. The summed E-state index contributed by atoms with van der Waals surface area (Å²) in [6.07, 6.45) is 3.53. The molecular weight excluding hydrogens is 663 g/mol. The van der Waals surface area contributed by atoms with Crippen molar-refractivity contribution >= 4 is 25.5 Å². The first-order valence-electron chi connectivity index (χ1n) is 17.6. The smallest absolute Gasteiger partial charge is 0.419 e. The van der Waals surface area contributed by atoms with Gasteiger partial charge >= 0.3 is 18.2 Å². The van der Waals surface area contributed by atoms with Crippen LogP contribution in [-0.2, 0) is 34.6 Å². The average Bonchev–Trinajstić information content (AvgIpc) is 3.51. The molecule has 4 rings (SSSR count). The molecule has 2 aromatic rings. The molecule has 3 atom stereocenters. The summed E-state index contributed by atoms with van der Waals surface area (Å²) in [7, 11) is -3.67. The zero-order chi connectivity index (χ0) is 36.7. The van der Waals surface area contributed by atoms with Crippen LogP contribution in [0.2, 0.25) is 0 Å². The van der Waals surface area contributed by atoms with Gasteiger partial charge in [0.25, 0.3) is 0 Å². The Kier molecular flexibility index (Phi) is 13.0. The van der Waals surface area contributed by atoms with Crippen molar-refractivity contribution in [2.24, 2.45) is 0 Å². The predicted molar refractivity (Wildman–Crippen MR) is 189 cm³/mol. The van der Waals surface area contributed by atoms with Crippen LogP contribution in [0.4, 0.5) is 9.59 Å². The Labute approximate surface area is 296 Å². The summed E-state index contributed by atoms with van der Waals surface area (Å²) >= 11 is 0. The lowest BCUT2D eigenvalue weighted by Crippen LogP contribution is -2.54. The van der Waals surface area contributed by atoms with E-state index >= 15 is 0 Å². The second-order valence-corrected chi connectivity index (χ2v) is 18.0. The third-order valence-corrected chi connectivity index (χ3v) is 12.1. The molecule has 0 saturated carbocycles. The quantitative estimate of drug-likeness (QED) is 0.171. The number of nitrogens with zero attached hydrogens (tertiary/aromatic N) is 4. The number of hydrogen-bond acceptors (Lipinski definition) is 10. The minimum atomic E-state index is -3.67. The van der Waals surface area contributed by atoms with Gasteiger partial charge < -0.3 is 23.8 Å². The van der Waals surface area contributed by atoms with Gasteiger partial charge in [0.15, 0.2) is 11.4 Å². The molecule has 2 fully saturated rings. The topological polar surface area (TPSA) is 150 Å². The molecule has 2 aliphatic heterocycles. The molecule has 2 unspecified atom stereocenters. The highest BCUT2D eigenvalue weighted by atomic mass is 31.2. The molecule has 0 radical (unpaired) electrons. The normalized spacial score (nSPS) is 23.3. The lowest BCUT2D eigenvalue weighted by Gasteiger charge is -2.45. The number of amides is 2. The maximum atomic E-state index is 14.4. The van der Waals surface area contributed by atoms with Crippen molar-refractivity contribution < 1.29 is 42.8 Å². The molecule has 1 N–H and O–H groups in total. The molecule has 2 aliphatic rings. The van der Waals surface area contributed by atoms with E-state index in [1.165, 1.54) is 0 Å². The maximum absolute atomic E-state index is 14.4. The van der Waals surface area contributed by atoms with Gasteiger partial charge in [0.05, 0.1) is 12.3 Å². The van der Waals surface area contributed by atoms with Crippen molar-refractivity contribution in [3.05, 3.63) is 42.1 Å². The number of unbranched alkanes of at least 4 members (excludes halogenated alkanes) is 1. The number of carbonyl (C=O) groups is 3. The lowest BCUT2D eigenvalue weighted by atomic mass is 9.98. The summed E-state index contributed by atoms with van der Waals surface area (Å²) in [4.78, 5) is 42.2. The second-order valence-electron chi connectivity index (χ2n) is 15.1. The van der Waals surface area contributed by atoms with Crippen molar-refractivity contribution in [2.75, 3.05) is 39.0 Å². The zero-order valence-corrected chi connectivity index (χ0v) is 31.6. The van der Waals surface area contributed by atoms with Crippen LogP contribution in [0.3, 0.4) is 0 Å². The number of benzene rings is 1. The molecule has 3 heterocycles. The Balaban J connectivity index is 1.54. The standard InChI is InChI=1S/C36H55N4O9P/c1-8-47-50(45)24-22-38(25-27-15-9-10-16-28(27)29-18-20-37-40(29)30-17-11-14-23-46-30)26-36(50,31(41)42)19-12-13-21-39(32(43)48-34(2,3)4)33(44)49-35(5,6)7/h9-10,15-16,18,20,30H,8,11-14,17,19,21-26H2,1-7H3,(H,41,42)/t30?,36-,50?/m0/s1. The second kappa shape index (κ2) is 16.4. The molecule has 0 bridgehead atoms. The van der Waals surface area contributed by atoms with Crippen LogP contribution in [0.5, 0.6) is 0 Å². The van der Waals surface area contributed by atoms with E-state index in [9.17, 15) is 24.1 Å². The first-order chi connectivity index (χ1) is 23.5. The third kappa shape index (κ3) is 9.75. The molecule has 1 aromatic carbocycles. The summed E-state index contributed by atoms with van der Waals surface area (Å²) in [5.74, 6) is -1.18. The van der Waals surface area contributed by atoms with E-state index in [-0.39, 0.29) is 51.3 Å². The number of aliphatic carboxylic acids is 1. The monoisotopic (exact) mass is 718 g/mol. The van der Waals surface area contributed by atoms with Crippen LogP contribution < -0.4 is 0 Å². The van der Waals surface area contributed by atoms with E-state index in [0.717, 1.165) is 41.0 Å². The summed E-state index contributed by atoms with van der Waals surface area (Å²) in [6, 6.07) is 9.95. The van der Waals surface area contributed by atoms with E-state index in [4.69, 9.17) is 18.7 Å². The van der Waals surface area contributed by atoms with E-state index in [0.29, 0.717) is 19.7 Å². The van der Waals surface area contributed by atoms with E-state index < -0.39 is 41.9 Å². The Morgan fingerprint density at radius 2 is 1.72 bits per heavy atom. The van der Waals surface area contributed by atoms with Crippen molar-refractivity contribution in [2.45, 2.75) is 116 Å². The molecule has 2 amide bonds. The molecule has 13 nitrogen and oxygen atoms in total. The first-order valence-corrected chi connectivity index (χ1v) is 19.5. The fraction of sp³-hybridized carbons (Fsp3) is 0.667. The number of imide groups is 1.